The van der Waals surface area contributed by atoms with E-state index in [4.69, 9.17) is 10.5 Å². The summed E-state index contributed by atoms with van der Waals surface area (Å²) in [7, 11) is 0. The Balaban J connectivity index is 1.71. The zero-order valence-electron chi connectivity index (χ0n) is 18.2. The standard InChI is InChI=1S/C24H24BrF2N3O3/c1-14-9-21(33-13-18-7-8-19(26)10-20(18)27)22(25)24(32)30(14)12-17-5-3-16(4-6-17)11-29-23(31)15(2)28/h3-10,15H,11-13,28H2,1-2H3,(H,29,31)/t15-/m0/s1. The number of carbonyl (C=O) groups is 1. The predicted octanol–water partition coefficient (Wildman–Crippen LogP) is 3.79. The number of hydrogen-bond donors (Lipinski definition) is 2. The lowest BCUT2D eigenvalue weighted by molar-refractivity contribution is -0.122. The van der Waals surface area contributed by atoms with Gasteiger partial charge in [0.2, 0.25) is 5.91 Å². The first kappa shape index (κ1) is 24.6. The van der Waals surface area contributed by atoms with Crippen LogP contribution >= 0.6 is 15.9 Å². The van der Waals surface area contributed by atoms with Crippen LogP contribution in [0.25, 0.3) is 0 Å². The molecular formula is C24H24BrF2N3O3. The van der Waals surface area contributed by atoms with E-state index in [1.54, 1.807) is 24.5 Å². The third kappa shape index (κ3) is 6.27. The highest BCUT2D eigenvalue weighted by molar-refractivity contribution is 9.10. The molecule has 0 spiro atoms. The van der Waals surface area contributed by atoms with E-state index >= 15 is 0 Å². The van der Waals surface area contributed by atoms with Crippen LogP contribution in [0.1, 0.15) is 29.3 Å². The normalized spacial score (nSPS) is 11.8. The average molecular weight is 520 g/mol. The topological polar surface area (TPSA) is 86.3 Å². The fourth-order valence-corrected chi connectivity index (χ4v) is 3.55. The number of ether oxygens (including phenoxy) is 1. The SMILES string of the molecule is Cc1cc(OCc2ccc(F)cc2F)c(Br)c(=O)n1Cc1ccc(CNC(=O)[C@H](C)N)cc1. The maximum absolute atomic E-state index is 13.8. The lowest BCUT2D eigenvalue weighted by Crippen LogP contribution is -2.37. The van der Waals surface area contributed by atoms with Crippen molar-refractivity contribution in [3.8, 4) is 5.75 Å². The second-order valence-electron chi connectivity index (χ2n) is 7.70. The highest BCUT2D eigenvalue weighted by Crippen LogP contribution is 2.24. The van der Waals surface area contributed by atoms with Crippen LogP contribution in [0.15, 0.2) is 57.8 Å². The molecule has 0 saturated carbocycles. The lowest BCUT2D eigenvalue weighted by atomic mass is 10.1. The molecule has 1 amide bonds. The Kier molecular flexibility index (Phi) is 7.99. The zero-order chi connectivity index (χ0) is 24.1. The number of pyridine rings is 1. The van der Waals surface area contributed by atoms with Crippen LogP contribution in [0.4, 0.5) is 8.78 Å². The van der Waals surface area contributed by atoms with Crippen LogP contribution in [0.3, 0.4) is 0 Å². The largest absolute Gasteiger partial charge is 0.487 e. The number of rotatable bonds is 8. The van der Waals surface area contributed by atoms with Crippen molar-refractivity contribution >= 4 is 21.8 Å². The minimum atomic E-state index is -0.711. The Morgan fingerprint density at radius 1 is 1.15 bits per heavy atom. The number of benzene rings is 2. The zero-order valence-corrected chi connectivity index (χ0v) is 19.8. The number of aromatic nitrogens is 1. The Hall–Kier alpha value is -3.04. The summed E-state index contributed by atoms with van der Waals surface area (Å²) in [5.74, 6) is -1.33. The molecule has 174 valence electrons. The van der Waals surface area contributed by atoms with Gasteiger partial charge >= 0.3 is 0 Å². The summed E-state index contributed by atoms with van der Waals surface area (Å²) >= 11 is 3.28. The van der Waals surface area contributed by atoms with E-state index in [0.29, 0.717) is 18.8 Å². The van der Waals surface area contributed by atoms with Gasteiger partial charge in [-0.25, -0.2) is 8.78 Å². The van der Waals surface area contributed by atoms with Gasteiger partial charge in [-0.15, -0.1) is 0 Å². The summed E-state index contributed by atoms with van der Waals surface area (Å²) in [4.78, 5) is 24.5. The minimum Gasteiger partial charge on any atom is -0.487 e. The molecule has 0 saturated heterocycles. The highest BCUT2D eigenvalue weighted by atomic mass is 79.9. The van der Waals surface area contributed by atoms with Crippen LogP contribution in [-0.4, -0.2) is 16.5 Å². The molecule has 3 aromatic rings. The Labute approximate surface area is 198 Å². The van der Waals surface area contributed by atoms with Crippen molar-refractivity contribution in [1.82, 2.24) is 9.88 Å². The first-order valence-corrected chi connectivity index (χ1v) is 11.0. The number of aryl methyl sites for hydroxylation is 1. The molecule has 0 aliphatic carbocycles. The van der Waals surface area contributed by atoms with E-state index in [1.165, 1.54) is 6.07 Å². The molecule has 0 unspecified atom stereocenters. The van der Waals surface area contributed by atoms with Crippen LogP contribution in [0.5, 0.6) is 5.75 Å². The van der Waals surface area contributed by atoms with Crippen molar-refractivity contribution in [2.45, 2.75) is 39.6 Å². The summed E-state index contributed by atoms with van der Waals surface area (Å²) in [5, 5.41) is 2.75. The third-order valence-electron chi connectivity index (χ3n) is 5.06. The van der Waals surface area contributed by atoms with Crippen LogP contribution < -0.4 is 21.3 Å². The fraction of sp³-hybridized carbons (Fsp3) is 0.250. The monoisotopic (exact) mass is 519 g/mol. The number of amides is 1. The molecule has 0 fully saturated rings. The van der Waals surface area contributed by atoms with Crippen LogP contribution in [-0.2, 0) is 24.5 Å². The van der Waals surface area contributed by atoms with E-state index in [1.807, 2.05) is 24.3 Å². The molecule has 9 heteroatoms. The van der Waals surface area contributed by atoms with Gasteiger partial charge in [-0.05, 0) is 53.0 Å². The van der Waals surface area contributed by atoms with Gasteiger partial charge in [0.05, 0.1) is 12.6 Å². The van der Waals surface area contributed by atoms with Crippen molar-refractivity contribution in [3.05, 3.63) is 97.4 Å². The summed E-state index contributed by atoms with van der Waals surface area (Å²) < 4.78 is 34.3. The predicted molar refractivity (Wildman–Crippen MR) is 125 cm³/mol. The number of halogens is 3. The van der Waals surface area contributed by atoms with Crippen molar-refractivity contribution in [2.24, 2.45) is 5.73 Å². The molecule has 1 heterocycles. The fourth-order valence-electron chi connectivity index (χ4n) is 3.11. The Morgan fingerprint density at radius 2 is 1.82 bits per heavy atom. The molecule has 6 nitrogen and oxygen atoms in total. The van der Waals surface area contributed by atoms with E-state index < -0.39 is 17.7 Å². The number of nitrogens with one attached hydrogen (secondary N) is 1. The van der Waals surface area contributed by atoms with E-state index in [9.17, 15) is 18.4 Å². The molecule has 3 rings (SSSR count). The summed E-state index contributed by atoms with van der Waals surface area (Å²) in [6.07, 6.45) is 0. The van der Waals surface area contributed by atoms with Crippen molar-refractivity contribution in [3.63, 3.8) is 0 Å². The maximum Gasteiger partial charge on any atom is 0.269 e. The van der Waals surface area contributed by atoms with Gasteiger partial charge < -0.3 is 20.4 Å². The second kappa shape index (κ2) is 10.7. The van der Waals surface area contributed by atoms with Crippen molar-refractivity contribution in [1.29, 1.82) is 0 Å². The molecule has 33 heavy (non-hydrogen) atoms. The quantitative estimate of drug-likeness (QED) is 0.474. The first-order valence-electron chi connectivity index (χ1n) is 10.2. The van der Waals surface area contributed by atoms with Gasteiger partial charge in [-0.2, -0.15) is 0 Å². The smallest absolute Gasteiger partial charge is 0.269 e. The van der Waals surface area contributed by atoms with Gasteiger partial charge in [0.25, 0.3) is 5.56 Å². The molecule has 0 bridgehead atoms. The Bertz CT molecular complexity index is 1210. The van der Waals surface area contributed by atoms with Crippen molar-refractivity contribution < 1.29 is 18.3 Å². The number of carbonyl (C=O) groups excluding carboxylic acids is 1. The van der Waals surface area contributed by atoms with Crippen molar-refractivity contribution in [2.75, 3.05) is 0 Å². The van der Waals surface area contributed by atoms with Gasteiger partial charge in [-0.3, -0.25) is 9.59 Å². The third-order valence-corrected chi connectivity index (χ3v) is 5.79. The molecule has 2 aromatic carbocycles. The minimum absolute atomic E-state index is 0.144. The van der Waals surface area contributed by atoms with E-state index in [2.05, 4.69) is 21.2 Å². The van der Waals surface area contributed by atoms with Gasteiger partial charge in [0, 0.05) is 29.9 Å². The second-order valence-corrected chi connectivity index (χ2v) is 8.50. The average Bonchev–Trinajstić information content (AvgIpc) is 2.78. The number of hydrogen-bond acceptors (Lipinski definition) is 4. The van der Waals surface area contributed by atoms with Crippen LogP contribution in [0.2, 0.25) is 0 Å². The number of nitrogens with zero attached hydrogens (tertiary/aromatic N) is 1. The van der Waals surface area contributed by atoms with Gasteiger partial charge in [0.1, 0.15) is 28.5 Å². The summed E-state index contributed by atoms with van der Waals surface area (Å²) in [6, 6.07) is 11.9. The van der Waals surface area contributed by atoms with E-state index in [0.717, 1.165) is 23.3 Å². The molecular weight excluding hydrogens is 496 g/mol. The molecule has 1 atom stereocenters. The molecule has 0 aliphatic heterocycles. The van der Waals surface area contributed by atoms with E-state index in [-0.39, 0.29) is 33.9 Å². The maximum atomic E-state index is 13.8. The highest BCUT2D eigenvalue weighted by Gasteiger charge is 2.14. The van der Waals surface area contributed by atoms with Gasteiger partial charge in [-0.1, -0.05) is 24.3 Å². The first-order chi connectivity index (χ1) is 15.7. The molecule has 0 aliphatic rings. The lowest BCUT2D eigenvalue weighted by Gasteiger charge is -2.15. The summed E-state index contributed by atoms with van der Waals surface area (Å²) in [6.45, 7) is 3.95. The Morgan fingerprint density at radius 3 is 2.45 bits per heavy atom. The van der Waals surface area contributed by atoms with Crippen LogP contribution in [0, 0.1) is 18.6 Å². The molecule has 0 radical (unpaired) electrons. The molecule has 1 aromatic heterocycles. The molecule has 3 N–H and O–H groups in total. The van der Waals surface area contributed by atoms with Gasteiger partial charge in [0.15, 0.2) is 0 Å². The number of nitrogens with two attached hydrogens (primary N) is 1. The summed E-state index contributed by atoms with van der Waals surface area (Å²) in [5.41, 5.74) is 7.89.